The van der Waals surface area contributed by atoms with E-state index in [4.69, 9.17) is 4.74 Å². The first kappa shape index (κ1) is 20.3. The summed E-state index contributed by atoms with van der Waals surface area (Å²) in [6.07, 6.45) is 2.64. The van der Waals surface area contributed by atoms with Crippen LogP contribution in [0.1, 0.15) is 35.9 Å². The van der Waals surface area contributed by atoms with Crippen molar-refractivity contribution >= 4 is 29.3 Å². The van der Waals surface area contributed by atoms with E-state index in [0.29, 0.717) is 13.0 Å². The van der Waals surface area contributed by atoms with E-state index in [1.807, 2.05) is 44.4 Å². The van der Waals surface area contributed by atoms with E-state index in [9.17, 15) is 9.59 Å². The number of aryl methyl sites for hydroxylation is 2. The number of hydrogen-bond acceptors (Lipinski definition) is 6. The highest BCUT2D eigenvalue weighted by Crippen LogP contribution is 2.28. The van der Waals surface area contributed by atoms with Gasteiger partial charge in [0.1, 0.15) is 0 Å². The quantitative estimate of drug-likeness (QED) is 0.422. The molecule has 2 heterocycles. The van der Waals surface area contributed by atoms with E-state index in [2.05, 4.69) is 9.97 Å². The molecule has 0 N–H and O–H groups in total. The number of para-hydroxylation sites is 1. The molecule has 0 aliphatic carbocycles. The van der Waals surface area contributed by atoms with Gasteiger partial charge in [0.15, 0.2) is 11.3 Å². The lowest BCUT2D eigenvalue weighted by atomic mass is 10.1. The molecule has 0 saturated heterocycles. The Bertz CT molecular complexity index is 877. The van der Waals surface area contributed by atoms with Crippen LogP contribution in [-0.4, -0.2) is 40.7 Å². The topological polar surface area (TPSA) is 72.4 Å². The molecule has 28 heavy (non-hydrogen) atoms. The fraction of sp³-hybridized carbons (Fsp3) is 0.429. The minimum Gasteiger partial charge on any atom is -0.453 e. The van der Waals surface area contributed by atoms with Crippen molar-refractivity contribution in [3.05, 3.63) is 46.8 Å². The lowest BCUT2D eigenvalue weighted by molar-refractivity contribution is -0.153. The standard InChI is InChI=1S/C21H25N3O3S/c1-13-17(14(2)23-21(22-13)28-4)9-10-19(25)27-15(3)20(26)24-12-11-16-7-5-6-8-18(16)24/h5-8,15H,9-12H2,1-4H3. The van der Waals surface area contributed by atoms with Gasteiger partial charge in [-0.3, -0.25) is 9.59 Å². The number of amides is 1. The zero-order valence-electron chi connectivity index (χ0n) is 16.7. The lowest BCUT2D eigenvalue weighted by Crippen LogP contribution is -2.39. The molecule has 1 aromatic carbocycles. The minimum atomic E-state index is -0.809. The fourth-order valence-corrected chi connectivity index (χ4v) is 3.94. The first-order valence-electron chi connectivity index (χ1n) is 9.37. The molecule has 1 aliphatic rings. The number of thioether (sulfide) groups is 1. The second-order valence-electron chi connectivity index (χ2n) is 6.86. The molecule has 2 aromatic rings. The van der Waals surface area contributed by atoms with E-state index in [1.165, 1.54) is 11.8 Å². The number of anilines is 1. The van der Waals surface area contributed by atoms with E-state index in [0.717, 1.165) is 39.8 Å². The van der Waals surface area contributed by atoms with Crippen LogP contribution in [0.15, 0.2) is 29.4 Å². The highest BCUT2D eigenvalue weighted by Gasteiger charge is 2.29. The third kappa shape index (κ3) is 4.35. The number of rotatable bonds is 6. The van der Waals surface area contributed by atoms with Gasteiger partial charge < -0.3 is 9.64 Å². The van der Waals surface area contributed by atoms with Gasteiger partial charge in [0.25, 0.3) is 5.91 Å². The first-order chi connectivity index (χ1) is 13.4. The summed E-state index contributed by atoms with van der Waals surface area (Å²) >= 11 is 1.49. The van der Waals surface area contributed by atoms with Gasteiger partial charge in [-0.25, -0.2) is 9.97 Å². The average molecular weight is 400 g/mol. The number of carbonyl (C=O) groups excluding carboxylic acids is 2. The molecule has 7 heteroatoms. The van der Waals surface area contributed by atoms with Gasteiger partial charge in [-0.15, -0.1) is 0 Å². The molecule has 148 valence electrons. The molecular formula is C21H25N3O3S. The third-order valence-corrected chi connectivity index (χ3v) is 5.52. The first-order valence-corrected chi connectivity index (χ1v) is 10.6. The van der Waals surface area contributed by atoms with E-state index in [1.54, 1.807) is 11.8 Å². The van der Waals surface area contributed by atoms with Crippen LogP contribution in [0.4, 0.5) is 5.69 Å². The third-order valence-electron chi connectivity index (χ3n) is 4.97. The smallest absolute Gasteiger partial charge is 0.306 e. The van der Waals surface area contributed by atoms with Crippen molar-refractivity contribution in [2.45, 2.75) is 51.3 Å². The Hall–Kier alpha value is -2.41. The highest BCUT2D eigenvalue weighted by atomic mass is 32.2. The van der Waals surface area contributed by atoms with Crippen molar-refractivity contribution in [1.82, 2.24) is 9.97 Å². The number of esters is 1. The fourth-order valence-electron chi connectivity index (χ4n) is 3.48. The monoisotopic (exact) mass is 399 g/mol. The maximum atomic E-state index is 12.7. The van der Waals surface area contributed by atoms with Gasteiger partial charge in [-0.2, -0.15) is 0 Å². The molecule has 1 atom stereocenters. The Morgan fingerprint density at radius 1 is 1.21 bits per heavy atom. The molecule has 0 radical (unpaired) electrons. The second-order valence-corrected chi connectivity index (χ2v) is 7.63. The summed E-state index contributed by atoms with van der Waals surface area (Å²) in [5, 5.41) is 0.728. The van der Waals surface area contributed by atoms with Crippen LogP contribution in [0.3, 0.4) is 0 Å². The number of carbonyl (C=O) groups is 2. The van der Waals surface area contributed by atoms with Crippen LogP contribution < -0.4 is 4.90 Å². The van der Waals surface area contributed by atoms with E-state index < -0.39 is 6.10 Å². The van der Waals surface area contributed by atoms with E-state index >= 15 is 0 Å². The Labute approximate surface area is 169 Å². The largest absolute Gasteiger partial charge is 0.453 e. The number of nitrogens with zero attached hydrogens (tertiary/aromatic N) is 3. The van der Waals surface area contributed by atoms with Gasteiger partial charge in [0.05, 0.1) is 0 Å². The molecule has 0 spiro atoms. The molecule has 0 bridgehead atoms. The summed E-state index contributed by atoms with van der Waals surface area (Å²) in [6, 6.07) is 7.83. The summed E-state index contributed by atoms with van der Waals surface area (Å²) in [7, 11) is 0. The average Bonchev–Trinajstić information content (AvgIpc) is 3.10. The Balaban J connectivity index is 1.57. The van der Waals surface area contributed by atoms with Gasteiger partial charge in [-0.1, -0.05) is 30.0 Å². The van der Waals surface area contributed by atoms with Crippen LogP contribution >= 0.6 is 11.8 Å². The van der Waals surface area contributed by atoms with Crippen molar-refractivity contribution in [2.75, 3.05) is 17.7 Å². The van der Waals surface area contributed by atoms with Crippen molar-refractivity contribution in [1.29, 1.82) is 0 Å². The molecule has 1 amide bonds. The molecule has 1 aromatic heterocycles. The molecule has 6 nitrogen and oxygen atoms in total. The van der Waals surface area contributed by atoms with Gasteiger partial charge in [0, 0.05) is 30.0 Å². The van der Waals surface area contributed by atoms with Crippen molar-refractivity contribution in [3.8, 4) is 0 Å². The molecular weight excluding hydrogens is 374 g/mol. The summed E-state index contributed by atoms with van der Waals surface area (Å²) in [6.45, 7) is 6.10. The van der Waals surface area contributed by atoms with E-state index in [-0.39, 0.29) is 18.3 Å². The van der Waals surface area contributed by atoms with Crippen LogP contribution in [0.2, 0.25) is 0 Å². The van der Waals surface area contributed by atoms with Crippen LogP contribution in [0, 0.1) is 13.8 Å². The Morgan fingerprint density at radius 2 is 1.89 bits per heavy atom. The number of benzene rings is 1. The Kier molecular flexibility index (Phi) is 6.34. The highest BCUT2D eigenvalue weighted by molar-refractivity contribution is 7.98. The van der Waals surface area contributed by atoms with Gasteiger partial charge in [-0.05, 0) is 57.1 Å². The zero-order valence-corrected chi connectivity index (χ0v) is 17.5. The van der Waals surface area contributed by atoms with Gasteiger partial charge in [0.2, 0.25) is 0 Å². The van der Waals surface area contributed by atoms with Crippen molar-refractivity contribution in [2.24, 2.45) is 0 Å². The number of aromatic nitrogens is 2. The van der Waals surface area contributed by atoms with Crippen LogP contribution in [-0.2, 0) is 27.2 Å². The molecule has 1 aliphatic heterocycles. The Morgan fingerprint density at radius 3 is 2.57 bits per heavy atom. The zero-order chi connectivity index (χ0) is 20.3. The predicted molar refractivity (Wildman–Crippen MR) is 110 cm³/mol. The summed E-state index contributed by atoms with van der Waals surface area (Å²) in [4.78, 5) is 35.6. The molecule has 0 fully saturated rings. The SMILES string of the molecule is CSc1nc(C)c(CCC(=O)OC(C)C(=O)N2CCc3ccccc32)c(C)n1. The number of fused-ring (bicyclic) bond motifs is 1. The van der Waals surface area contributed by atoms with Crippen molar-refractivity contribution < 1.29 is 14.3 Å². The maximum absolute atomic E-state index is 12.7. The molecule has 3 rings (SSSR count). The summed E-state index contributed by atoms with van der Waals surface area (Å²) < 4.78 is 5.41. The summed E-state index contributed by atoms with van der Waals surface area (Å²) in [5.41, 5.74) is 4.77. The predicted octanol–water partition coefficient (Wildman–Crippen LogP) is 3.27. The van der Waals surface area contributed by atoms with Crippen LogP contribution in [0.5, 0.6) is 0 Å². The minimum absolute atomic E-state index is 0.182. The number of hydrogen-bond donors (Lipinski definition) is 0. The normalized spacial score (nSPS) is 13.9. The van der Waals surface area contributed by atoms with Crippen LogP contribution in [0.25, 0.3) is 0 Å². The summed E-state index contributed by atoms with van der Waals surface area (Å²) in [5.74, 6) is -0.570. The molecule has 0 saturated carbocycles. The second kappa shape index (κ2) is 8.73. The molecule has 1 unspecified atom stereocenters. The lowest BCUT2D eigenvalue weighted by Gasteiger charge is -2.21. The van der Waals surface area contributed by atoms with Gasteiger partial charge >= 0.3 is 5.97 Å². The maximum Gasteiger partial charge on any atom is 0.306 e. The number of ether oxygens (including phenoxy) is 1. The van der Waals surface area contributed by atoms with Crippen molar-refractivity contribution in [3.63, 3.8) is 0 Å².